The van der Waals surface area contributed by atoms with Gasteiger partial charge in [-0.3, -0.25) is 14.3 Å². The van der Waals surface area contributed by atoms with E-state index < -0.39 is 11.2 Å². The Hall–Kier alpha value is -3.04. The quantitative estimate of drug-likeness (QED) is 0.446. The lowest BCUT2D eigenvalue weighted by Gasteiger charge is -2.32. The molecular formula is C26H37N7O3. The summed E-state index contributed by atoms with van der Waals surface area (Å²) in [6.45, 7) is 10.9. The number of hydrogen-bond acceptors (Lipinski definition) is 8. The van der Waals surface area contributed by atoms with E-state index in [1.54, 1.807) is 0 Å². The van der Waals surface area contributed by atoms with Crippen molar-refractivity contribution in [2.75, 3.05) is 5.32 Å². The molecular weight excluding hydrogens is 458 g/mol. The predicted octanol–water partition coefficient (Wildman–Crippen LogP) is 4.83. The van der Waals surface area contributed by atoms with Crippen molar-refractivity contribution in [1.82, 2.24) is 29.7 Å². The van der Waals surface area contributed by atoms with Crippen molar-refractivity contribution in [2.24, 2.45) is 23.2 Å². The minimum atomic E-state index is -0.674. The second-order valence-corrected chi connectivity index (χ2v) is 11.9. The first-order valence-corrected chi connectivity index (χ1v) is 13.3. The topological polar surface area (TPSA) is 132 Å². The number of hydrogen-bond donors (Lipinski definition) is 2. The van der Waals surface area contributed by atoms with Gasteiger partial charge < -0.3 is 9.88 Å². The highest BCUT2D eigenvalue weighted by atomic mass is 16.5. The average molecular weight is 496 g/mol. The van der Waals surface area contributed by atoms with E-state index in [0.29, 0.717) is 35.7 Å². The molecule has 0 aromatic carbocycles. The second-order valence-electron chi connectivity index (χ2n) is 11.9. The molecule has 1 atom stereocenters. The highest BCUT2D eigenvalue weighted by Gasteiger charge is 2.33. The fraction of sp³-hybridized carbons (Fsp3) is 0.692. The molecule has 36 heavy (non-hydrogen) atoms. The van der Waals surface area contributed by atoms with E-state index in [1.165, 1.54) is 32.1 Å². The van der Waals surface area contributed by atoms with Gasteiger partial charge in [0, 0.05) is 18.0 Å². The van der Waals surface area contributed by atoms with E-state index in [0.717, 1.165) is 24.3 Å². The highest BCUT2D eigenvalue weighted by molar-refractivity contribution is 6.00. The smallest absolute Gasteiger partial charge is 0.365 e. The van der Waals surface area contributed by atoms with Gasteiger partial charge in [-0.15, -0.1) is 0 Å². The highest BCUT2D eigenvalue weighted by Crippen LogP contribution is 2.36. The Kier molecular flexibility index (Phi) is 6.46. The molecule has 3 heterocycles. The number of ketones is 1. The van der Waals surface area contributed by atoms with Crippen LogP contribution in [0.2, 0.25) is 0 Å². The summed E-state index contributed by atoms with van der Waals surface area (Å²) in [6.07, 6.45) is 8.25. The molecule has 0 bridgehead atoms. The van der Waals surface area contributed by atoms with E-state index in [2.05, 4.69) is 38.9 Å². The number of imidazole rings is 1. The number of fused-ring (bicyclic) bond motifs is 1. The van der Waals surface area contributed by atoms with E-state index >= 15 is 0 Å². The number of aromatic nitrogens is 6. The maximum Gasteiger partial charge on any atom is 0.439 e. The second kappa shape index (κ2) is 9.44. The third-order valence-corrected chi connectivity index (χ3v) is 7.94. The van der Waals surface area contributed by atoms with Crippen molar-refractivity contribution in [3.63, 3.8) is 0 Å². The number of nitrogens with zero attached hydrogens (tertiary/aromatic N) is 5. The molecule has 0 spiro atoms. The summed E-state index contributed by atoms with van der Waals surface area (Å²) < 4.78 is 6.75. The van der Waals surface area contributed by atoms with Gasteiger partial charge in [-0.25, -0.2) is 19.7 Å². The lowest BCUT2D eigenvalue weighted by atomic mass is 9.80. The van der Waals surface area contributed by atoms with Crippen LogP contribution in [0.5, 0.6) is 0 Å². The van der Waals surface area contributed by atoms with Gasteiger partial charge >= 0.3 is 5.76 Å². The Morgan fingerprint density at radius 3 is 2.44 bits per heavy atom. The molecule has 3 aromatic heterocycles. The van der Waals surface area contributed by atoms with Crippen LogP contribution in [-0.2, 0) is 6.54 Å². The van der Waals surface area contributed by atoms with Crippen molar-refractivity contribution >= 4 is 22.8 Å². The molecule has 10 heteroatoms. The third-order valence-electron chi connectivity index (χ3n) is 7.94. The number of Topliss-reactive ketones (excluding diaryl/α,β-unsaturated/α-hetero) is 1. The van der Waals surface area contributed by atoms with Crippen LogP contribution in [-0.4, -0.2) is 41.5 Å². The summed E-state index contributed by atoms with van der Waals surface area (Å²) >= 11 is 0. The van der Waals surface area contributed by atoms with Crippen molar-refractivity contribution in [2.45, 2.75) is 92.2 Å². The molecule has 10 nitrogen and oxygen atoms in total. The summed E-state index contributed by atoms with van der Waals surface area (Å²) in [5, 5.41) is 7.39. The first-order valence-electron chi connectivity index (χ1n) is 13.3. The zero-order chi connectivity index (χ0) is 25.6. The number of rotatable bonds is 7. The number of anilines is 1. The van der Waals surface area contributed by atoms with E-state index in [-0.39, 0.29) is 23.5 Å². The summed E-state index contributed by atoms with van der Waals surface area (Å²) in [7, 11) is 0. The number of H-pyrrole nitrogens is 1. The zero-order valence-electron chi connectivity index (χ0n) is 21.9. The van der Waals surface area contributed by atoms with E-state index in [9.17, 15) is 9.59 Å². The summed E-state index contributed by atoms with van der Waals surface area (Å²) in [4.78, 5) is 41.9. The molecule has 0 unspecified atom stereocenters. The first kappa shape index (κ1) is 24.6. The van der Waals surface area contributed by atoms with Crippen molar-refractivity contribution in [1.29, 1.82) is 0 Å². The maximum absolute atomic E-state index is 13.6. The van der Waals surface area contributed by atoms with Crippen molar-refractivity contribution in [3.05, 3.63) is 16.4 Å². The molecule has 0 radical (unpaired) electrons. The number of carbonyl (C=O) groups excluding carboxylic acids is 1. The Morgan fingerprint density at radius 1 is 1.14 bits per heavy atom. The Morgan fingerprint density at radius 2 is 1.86 bits per heavy atom. The van der Waals surface area contributed by atoms with Crippen LogP contribution >= 0.6 is 0 Å². The molecule has 0 saturated heterocycles. The molecule has 0 aliphatic heterocycles. The van der Waals surface area contributed by atoms with Crippen LogP contribution in [0, 0.1) is 23.2 Å². The normalized spacial score (nSPS) is 21.9. The maximum atomic E-state index is 13.6. The van der Waals surface area contributed by atoms with Crippen LogP contribution in [0.15, 0.2) is 9.32 Å². The number of nitrogens with one attached hydrogen (secondary N) is 2. The SMILES string of the molecule is C[C@@H](Nc1nc(-c2noc(=O)[nH]2)nc2nc(C(=O)C(C)(C)C)n(C[C@H]3CC[C@H](C)CC3)c12)C1CCC1. The molecule has 2 fully saturated rings. The predicted molar refractivity (Wildman–Crippen MR) is 137 cm³/mol. The van der Waals surface area contributed by atoms with Crippen LogP contribution in [0.3, 0.4) is 0 Å². The Bertz CT molecular complexity index is 1300. The van der Waals surface area contributed by atoms with Gasteiger partial charge in [0.15, 0.2) is 17.3 Å². The molecule has 5 rings (SSSR count). The Labute approximate surface area is 210 Å². The van der Waals surface area contributed by atoms with Crippen LogP contribution in [0.4, 0.5) is 5.82 Å². The average Bonchev–Trinajstić information content (AvgIpc) is 3.36. The standard InChI is InChI=1S/C26H37N7O3/c1-14-9-11-16(12-10-14)13-33-18-20(27-15(2)17-7-6-8-17)28-22(23-31-25(35)36-32-23)29-21(18)30-24(33)19(34)26(3,4)5/h14-17H,6-13H2,1-5H3,(H,27,28,29)(H,31,32,35)/t14-,15-,16-/m1/s1. The van der Waals surface area contributed by atoms with Gasteiger partial charge in [0.25, 0.3) is 0 Å². The van der Waals surface area contributed by atoms with Gasteiger partial charge in [-0.2, -0.15) is 0 Å². The lowest BCUT2D eigenvalue weighted by molar-refractivity contribution is 0.0840. The Balaban J connectivity index is 1.66. The summed E-state index contributed by atoms with van der Waals surface area (Å²) in [5.74, 6) is 2.45. The van der Waals surface area contributed by atoms with Gasteiger partial charge in [0.1, 0.15) is 5.52 Å². The fourth-order valence-corrected chi connectivity index (χ4v) is 5.30. The van der Waals surface area contributed by atoms with E-state index in [4.69, 9.17) is 14.5 Å². The minimum absolute atomic E-state index is 0.0286. The molecule has 2 aliphatic rings. The minimum Gasteiger partial charge on any atom is -0.365 e. The first-order chi connectivity index (χ1) is 17.1. The van der Waals surface area contributed by atoms with Crippen LogP contribution in [0.25, 0.3) is 22.8 Å². The fourth-order valence-electron chi connectivity index (χ4n) is 5.30. The number of carbonyl (C=O) groups is 1. The van der Waals surface area contributed by atoms with Gasteiger partial charge in [0.05, 0.1) is 0 Å². The monoisotopic (exact) mass is 495 g/mol. The van der Waals surface area contributed by atoms with Crippen molar-refractivity contribution in [3.8, 4) is 11.6 Å². The van der Waals surface area contributed by atoms with Gasteiger partial charge in [0.2, 0.25) is 17.4 Å². The van der Waals surface area contributed by atoms with E-state index in [1.807, 2.05) is 20.8 Å². The molecule has 2 N–H and O–H groups in total. The van der Waals surface area contributed by atoms with Gasteiger partial charge in [-0.1, -0.05) is 52.1 Å². The molecule has 194 valence electrons. The van der Waals surface area contributed by atoms with Gasteiger partial charge in [-0.05, 0) is 50.4 Å². The zero-order valence-corrected chi connectivity index (χ0v) is 21.9. The molecule has 2 saturated carbocycles. The molecule has 2 aliphatic carbocycles. The van der Waals surface area contributed by atoms with Crippen LogP contribution < -0.4 is 11.1 Å². The third kappa shape index (κ3) is 4.82. The van der Waals surface area contributed by atoms with Crippen molar-refractivity contribution < 1.29 is 9.32 Å². The summed E-state index contributed by atoms with van der Waals surface area (Å²) in [6, 6.07) is 0.196. The lowest BCUT2D eigenvalue weighted by Crippen LogP contribution is -2.31. The summed E-state index contributed by atoms with van der Waals surface area (Å²) in [5.41, 5.74) is 0.562. The van der Waals surface area contributed by atoms with Crippen LogP contribution in [0.1, 0.15) is 90.2 Å². The largest absolute Gasteiger partial charge is 0.439 e. The number of aromatic amines is 1. The molecule has 3 aromatic rings. The molecule has 0 amide bonds.